The lowest BCUT2D eigenvalue weighted by atomic mass is 9.80. The van der Waals surface area contributed by atoms with Gasteiger partial charge in [-0.15, -0.1) is 0 Å². The highest BCUT2D eigenvalue weighted by Gasteiger charge is 2.71. The summed E-state index contributed by atoms with van der Waals surface area (Å²) in [6.45, 7) is 1.65. The summed E-state index contributed by atoms with van der Waals surface area (Å²) >= 11 is 0. The van der Waals surface area contributed by atoms with E-state index in [2.05, 4.69) is 4.98 Å². The molecule has 1 N–H and O–H groups in total. The standard InChI is InChI=1S/C15H12F5NO/c1-10-2-4-11(5-3-10)13(22,12-6-8-21-9-7-12)14(16,17)15(18,19)20/h2-9,22H,1H3. The van der Waals surface area contributed by atoms with E-state index in [9.17, 15) is 27.1 Å². The fourth-order valence-electron chi connectivity index (χ4n) is 2.12. The van der Waals surface area contributed by atoms with E-state index in [1.807, 2.05) is 0 Å². The summed E-state index contributed by atoms with van der Waals surface area (Å²) in [7, 11) is 0. The van der Waals surface area contributed by atoms with Gasteiger partial charge >= 0.3 is 12.1 Å². The molecule has 1 heterocycles. The first-order chi connectivity index (χ1) is 10.1. The number of alkyl halides is 5. The van der Waals surface area contributed by atoms with Crippen molar-refractivity contribution in [1.82, 2.24) is 4.98 Å². The van der Waals surface area contributed by atoms with Crippen LogP contribution in [0.25, 0.3) is 0 Å². The summed E-state index contributed by atoms with van der Waals surface area (Å²) < 4.78 is 66.7. The highest BCUT2D eigenvalue weighted by molar-refractivity contribution is 5.39. The Bertz CT molecular complexity index is 639. The van der Waals surface area contributed by atoms with Gasteiger partial charge in [0.1, 0.15) is 0 Å². The van der Waals surface area contributed by atoms with Crippen molar-refractivity contribution in [3.8, 4) is 0 Å². The monoisotopic (exact) mass is 317 g/mol. The van der Waals surface area contributed by atoms with E-state index < -0.39 is 28.8 Å². The number of rotatable bonds is 3. The van der Waals surface area contributed by atoms with Crippen molar-refractivity contribution in [3.63, 3.8) is 0 Å². The van der Waals surface area contributed by atoms with Crippen molar-refractivity contribution in [2.24, 2.45) is 0 Å². The van der Waals surface area contributed by atoms with Gasteiger partial charge in [-0.1, -0.05) is 29.8 Å². The van der Waals surface area contributed by atoms with Gasteiger partial charge < -0.3 is 5.11 Å². The number of aromatic nitrogens is 1. The van der Waals surface area contributed by atoms with Crippen molar-refractivity contribution in [3.05, 3.63) is 65.5 Å². The molecule has 0 bridgehead atoms. The van der Waals surface area contributed by atoms with Crippen LogP contribution in [-0.2, 0) is 5.60 Å². The van der Waals surface area contributed by atoms with Crippen molar-refractivity contribution in [2.75, 3.05) is 0 Å². The van der Waals surface area contributed by atoms with Gasteiger partial charge in [0.15, 0.2) is 5.60 Å². The third-order valence-electron chi connectivity index (χ3n) is 3.38. The largest absolute Gasteiger partial charge is 0.457 e. The molecule has 1 aromatic heterocycles. The topological polar surface area (TPSA) is 33.1 Å². The second-order valence-corrected chi connectivity index (χ2v) is 4.88. The van der Waals surface area contributed by atoms with E-state index in [1.54, 1.807) is 6.92 Å². The molecule has 2 nitrogen and oxygen atoms in total. The van der Waals surface area contributed by atoms with Gasteiger partial charge in [-0.2, -0.15) is 22.0 Å². The number of nitrogens with zero attached hydrogens (tertiary/aromatic N) is 1. The molecule has 1 atom stereocenters. The number of aliphatic hydroxyl groups is 1. The minimum absolute atomic E-state index is 0.549. The molecule has 2 aromatic rings. The van der Waals surface area contributed by atoms with Crippen LogP contribution in [0.15, 0.2) is 48.8 Å². The number of hydrogen-bond acceptors (Lipinski definition) is 2. The lowest BCUT2D eigenvalue weighted by Gasteiger charge is -2.37. The van der Waals surface area contributed by atoms with Crippen LogP contribution < -0.4 is 0 Å². The molecule has 1 aromatic carbocycles. The zero-order valence-corrected chi connectivity index (χ0v) is 11.4. The average molecular weight is 317 g/mol. The first-order valence-electron chi connectivity index (χ1n) is 6.25. The van der Waals surface area contributed by atoms with Crippen LogP contribution in [0.2, 0.25) is 0 Å². The number of hydrogen-bond donors (Lipinski definition) is 1. The zero-order chi connectivity index (χ0) is 16.6. The molecule has 22 heavy (non-hydrogen) atoms. The van der Waals surface area contributed by atoms with Crippen LogP contribution >= 0.6 is 0 Å². The van der Waals surface area contributed by atoms with Gasteiger partial charge in [0.05, 0.1) is 0 Å². The Morgan fingerprint density at radius 1 is 0.818 bits per heavy atom. The summed E-state index contributed by atoms with van der Waals surface area (Å²) in [6, 6.07) is 6.67. The maximum Gasteiger partial charge on any atom is 0.457 e. The minimum Gasteiger partial charge on any atom is -0.374 e. The first kappa shape index (κ1) is 16.4. The Morgan fingerprint density at radius 3 is 1.73 bits per heavy atom. The molecule has 0 saturated heterocycles. The highest BCUT2D eigenvalue weighted by atomic mass is 19.4. The van der Waals surface area contributed by atoms with E-state index in [0.29, 0.717) is 5.56 Å². The van der Waals surface area contributed by atoms with Crippen molar-refractivity contribution in [2.45, 2.75) is 24.6 Å². The highest BCUT2D eigenvalue weighted by Crippen LogP contribution is 2.51. The summed E-state index contributed by atoms with van der Waals surface area (Å²) in [5, 5.41) is 10.4. The molecule has 0 aliphatic heterocycles. The Kier molecular flexibility index (Phi) is 3.95. The number of benzene rings is 1. The van der Waals surface area contributed by atoms with Crippen LogP contribution in [0.4, 0.5) is 22.0 Å². The number of pyridine rings is 1. The van der Waals surface area contributed by atoms with Gasteiger partial charge in [0.2, 0.25) is 0 Å². The summed E-state index contributed by atoms with van der Waals surface area (Å²) in [5.74, 6) is -5.38. The van der Waals surface area contributed by atoms with Crippen LogP contribution in [0.3, 0.4) is 0 Å². The van der Waals surface area contributed by atoms with Crippen molar-refractivity contribution < 1.29 is 27.1 Å². The fraction of sp³-hybridized carbons (Fsp3) is 0.267. The van der Waals surface area contributed by atoms with Gasteiger partial charge in [-0.3, -0.25) is 4.98 Å². The fourth-order valence-corrected chi connectivity index (χ4v) is 2.12. The van der Waals surface area contributed by atoms with E-state index in [-0.39, 0.29) is 0 Å². The molecule has 0 aliphatic carbocycles. The van der Waals surface area contributed by atoms with Crippen LogP contribution in [-0.4, -0.2) is 22.2 Å². The lowest BCUT2D eigenvalue weighted by molar-refractivity contribution is -0.336. The van der Waals surface area contributed by atoms with Crippen molar-refractivity contribution >= 4 is 0 Å². The molecule has 0 amide bonds. The smallest absolute Gasteiger partial charge is 0.374 e. The molecule has 0 fully saturated rings. The maximum atomic E-state index is 14.1. The maximum absolute atomic E-state index is 14.1. The van der Waals surface area contributed by atoms with Crippen molar-refractivity contribution in [1.29, 1.82) is 0 Å². The Hall–Kier alpha value is -2.02. The lowest BCUT2D eigenvalue weighted by Crippen LogP contribution is -2.55. The summed E-state index contributed by atoms with van der Waals surface area (Å²) in [5.41, 5.74) is -4.02. The molecule has 0 aliphatic rings. The normalized spacial score (nSPS) is 15.4. The van der Waals surface area contributed by atoms with E-state index >= 15 is 0 Å². The predicted octanol–water partition coefficient (Wildman–Crippen LogP) is 3.82. The quantitative estimate of drug-likeness (QED) is 0.873. The van der Waals surface area contributed by atoms with E-state index in [1.165, 1.54) is 12.1 Å². The molecule has 0 spiro atoms. The predicted molar refractivity (Wildman–Crippen MR) is 69.4 cm³/mol. The molecule has 2 rings (SSSR count). The Morgan fingerprint density at radius 2 is 1.27 bits per heavy atom. The second-order valence-electron chi connectivity index (χ2n) is 4.88. The molecular formula is C15H12F5NO. The number of halogens is 5. The molecule has 0 radical (unpaired) electrons. The van der Waals surface area contributed by atoms with E-state index in [4.69, 9.17) is 0 Å². The third-order valence-corrected chi connectivity index (χ3v) is 3.38. The van der Waals surface area contributed by atoms with Crippen LogP contribution in [0, 0.1) is 6.92 Å². The van der Waals surface area contributed by atoms with Crippen LogP contribution in [0.1, 0.15) is 16.7 Å². The Labute approximate surface area is 123 Å². The van der Waals surface area contributed by atoms with Gasteiger partial charge in [0, 0.05) is 12.4 Å². The van der Waals surface area contributed by atoms with Crippen LogP contribution in [0.5, 0.6) is 0 Å². The van der Waals surface area contributed by atoms with Gasteiger partial charge in [0.25, 0.3) is 0 Å². The molecule has 1 unspecified atom stereocenters. The summed E-state index contributed by atoms with van der Waals surface area (Å²) in [4.78, 5) is 3.57. The molecule has 118 valence electrons. The third kappa shape index (κ3) is 2.45. The molecule has 0 saturated carbocycles. The average Bonchev–Trinajstić information content (AvgIpc) is 2.46. The summed E-state index contributed by atoms with van der Waals surface area (Å²) in [6.07, 6.45) is -3.84. The van der Waals surface area contributed by atoms with Gasteiger partial charge in [-0.25, -0.2) is 0 Å². The molecular weight excluding hydrogens is 305 g/mol. The second kappa shape index (κ2) is 5.31. The molecule has 7 heteroatoms. The number of aryl methyl sites for hydroxylation is 1. The van der Waals surface area contributed by atoms with E-state index in [0.717, 1.165) is 36.7 Å². The first-order valence-corrected chi connectivity index (χ1v) is 6.25. The Balaban J connectivity index is 2.73. The SMILES string of the molecule is Cc1ccc(C(O)(c2ccncc2)C(F)(F)C(F)(F)F)cc1. The van der Waals surface area contributed by atoms with Gasteiger partial charge in [-0.05, 0) is 30.2 Å². The minimum atomic E-state index is -5.92. The zero-order valence-electron chi connectivity index (χ0n) is 11.4.